The van der Waals surface area contributed by atoms with Crippen LogP contribution in [0.2, 0.25) is 10.0 Å². The molecule has 168 valence electrons. The van der Waals surface area contributed by atoms with Gasteiger partial charge in [0.05, 0.1) is 35.5 Å². The first-order valence-electron chi connectivity index (χ1n) is 9.25. The highest BCUT2D eigenvalue weighted by molar-refractivity contribution is 7.92. The summed E-state index contributed by atoms with van der Waals surface area (Å²) < 4.78 is 37.2. The summed E-state index contributed by atoms with van der Waals surface area (Å²) in [5.41, 5.74) is 1.09. The third-order valence-electron chi connectivity index (χ3n) is 4.69. The normalized spacial score (nSPS) is 11.0. The number of anilines is 2. The summed E-state index contributed by atoms with van der Waals surface area (Å²) >= 11 is 11.9. The van der Waals surface area contributed by atoms with Gasteiger partial charge in [-0.1, -0.05) is 23.2 Å². The molecule has 1 amide bonds. The van der Waals surface area contributed by atoms with Crippen LogP contribution in [0.25, 0.3) is 0 Å². The Morgan fingerprint density at radius 1 is 0.906 bits per heavy atom. The molecule has 0 fully saturated rings. The first-order chi connectivity index (χ1) is 15.2. The predicted octanol–water partition coefficient (Wildman–Crippen LogP) is 5.09. The Hall–Kier alpha value is -2.94. The molecule has 1 N–H and O–H groups in total. The molecular weight excluding hydrogens is 475 g/mol. The minimum absolute atomic E-state index is 0.106. The quantitative estimate of drug-likeness (QED) is 0.494. The summed E-state index contributed by atoms with van der Waals surface area (Å²) in [6.07, 6.45) is 0. The lowest BCUT2D eigenvalue weighted by Crippen LogP contribution is -2.26. The van der Waals surface area contributed by atoms with Crippen molar-refractivity contribution in [3.8, 4) is 11.5 Å². The summed E-state index contributed by atoms with van der Waals surface area (Å²) in [7, 11) is 0.577. The average molecular weight is 495 g/mol. The number of hydrogen-bond acceptors (Lipinski definition) is 5. The molecule has 3 aromatic carbocycles. The lowest BCUT2D eigenvalue weighted by molar-refractivity contribution is 0.102. The third-order valence-corrected chi connectivity index (χ3v) is 7.03. The van der Waals surface area contributed by atoms with Crippen LogP contribution >= 0.6 is 23.2 Å². The molecule has 10 heteroatoms. The van der Waals surface area contributed by atoms with E-state index in [9.17, 15) is 13.2 Å². The fourth-order valence-electron chi connectivity index (χ4n) is 2.88. The molecule has 0 aliphatic heterocycles. The Balaban J connectivity index is 1.81. The van der Waals surface area contributed by atoms with Crippen LogP contribution in [0.4, 0.5) is 11.4 Å². The predicted molar refractivity (Wildman–Crippen MR) is 126 cm³/mol. The SMILES string of the molecule is COc1cc(NC(=O)c2ccc(N(C)S(=O)(=O)c3ccc(Cl)cc3)cc2)c(OC)cc1Cl. The first kappa shape index (κ1) is 23.7. The third kappa shape index (κ3) is 4.93. The van der Waals surface area contributed by atoms with Crippen LogP contribution in [0, 0.1) is 0 Å². The fraction of sp³-hybridized carbons (Fsp3) is 0.136. The van der Waals surface area contributed by atoms with Crippen LogP contribution < -0.4 is 19.1 Å². The molecule has 0 spiro atoms. The van der Waals surface area contributed by atoms with Crippen molar-refractivity contribution in [1.29, 1.82) is 0 Å². The second-order valence-electron chi connectivity index (χ2n) is 6.61. The smallest absolute Gasteiger partial charge is 0.264 e. The topological polar surface area (TPSA) is 84.9 Å². The second kappa shape index (κ2) is 9.68. The van der Waals surface area contributed by atoms with Gasteiger partial charge in [-0.15, -0.1) is 0 Å². The number of carbonyl (C=O) groups excluding carboxylic acids is 1. The number of halogens is 2. The molecule has 3 rings (SSSR count). The fourth-order valence-corrected chi connectivity index (χ4v) is 4.43. The summed E-state index contributed by atoms with van der Waals surface area (Å²) in [5.74, 6) is 0.337. The van der Waals surface area contributed by atoms with Crippen molar-refractivity contribution in [1.82, 2.24) is 0 Å². The van der Waals surface area contributed by atoms with Crippen LogP contribution in [0.1, 0.15) is 10.4 Å². The highest BCUT2D eigenvalue weighted by Crippen LogP contribution is 2.36. The van der Waals surface area contributed by atoms with Gasteiger partial charge in [-0.25, -0.2) is 8.42 Å². The van der Waals surface area contributed by atoms with Crippen molar-refractivity contribution >= 4 is 50.5 Å². The molecule has 3 aromatic rings. The van der Waals surface area contributed by atoms with Gasteiger partial charge in [0, 0.05) is 29.8 Å². The van der Waals surface area contributed by atoms with E-state index in [4.69, 9.17) is 32.7 Å². The molecule has 0 aliphatic rings. The number of ether oxygens (including phenoxy) is 2. The summed E-state index contributed by atoms with van der Waals surface area (Å²) in [6.45, 7) is 0. The van der Waals surface area contributed by atoms with Crippen molar-refractivity contribution in [3.63, 3.8) is 0 Å². The second-order valence-corrected chi connectivity index (χ2v) is 9.43. The maximum atomic E-state index is 12.8. The molecule has 0 aliphatic carbocycles. The zero-order chi connectivity index (χ0) is 23.5. The zero-order valence-electron chi connectivity index (χ0n) is 17.4. The van der Waals surface area contributed by atoms with Crippen LogP contribution in [0.5, 0.6) is 11.5 Å². The summed E-state index contributed by atoms with van der Waals surface area (Å²) in [4.78, 5) is 12.8. The van der Waals surface area contributed by atoms with Gasteiger partial charge in [-0.3, -0.25) is 9.10 Å². The number of amides is 1. The Kier molecular flexibility index (Phi) is 7.18. The Bertz CT molecular complexity index is 1230. The van der Waals surface area contributed by atoms with Gasteiger partial charge >= 0.3 is 0 Å². The van der Waals surface area contributed by atoms with Crippen LogP contribution in [0.15, 0.2) is 65.6 Å². The van der Waals surface area contributed by atoms with Crippen molar-refractivity contribution < 1.29 is 22.7 Å². The van der Waals surface area contributed by atoms with Gasteiger partial charge in [0.15, 0.2) is 0 Å². The maximum Gasteiger partial charge on any atom is 0.264 e. The first-order valence-corrected chi connectivity index (χ1v) is 11.4. The Labute approximate surface area is 196 Å². The lowest BCUT2D eigenvalue weighted by Gasteiger charge is -2.20. The maximum absolute atomic E-state index is 12.8. The number of sulfonamides is 1. The Morgan fingerprint density at radius 2 is 1.50 bits per heavy atom. The van der Waals surface area contributed by atoms with Crippen molar-refractivity contribution in [2.45, 2.75) is 4.90 Å². The van der Waals surface area contributed by atoms with E-state index in [1.54, 1.807) is 18.2 Å². The summed E-state index contributed by atoms with van der Waals surface area (Å²) in [5, 5.41) is 3.53. The molecule has 0 radical (unpaired) electrons. The molecule has 32 heavy (non-hydrogen) atoms. The van der Waals surface area contributed by atoms with E-state index in [1.165, 1.54) is 63.7 Å². The van der Waals surface area contributed by atoms with Gasteiger partial charge in [0.2, 0.25) is 0 Å². The minimum atomic E-state index is -3.78. The summed E-state index contributed by atoms with van der Waals surface area (Å²) in [6, 6.07) is 15.1. The number of hydrogen-bond donors (Lipinski definition) is 1. The zero-order valence-corrected chi connectivity index (χ0v) is 19.8. The molecule has 0 saturated heterocycles. The molecule has 0 heterocycles. The molecule has 0 atom stereocenters. The number of benzene rings is 3. The van der Waals surface area contributed by atoms with Gasteiger partial charge < -0.3 is 14.8 Å². The monoisotopic (exact) mass is 494 g/mol. The average Bonchev–Trinajstić information content (AvgIpc) is 2.79. The van der Waals surface area contributed by atoms with E-state index in [-0.39, 0.29) is 4.90 Å². The van der Waals surface area contributed by atoms with E-state index in [2.05, 4.69) is 5.32 Å². The van der Waals surface area contributed by atoms with Crippen LogP contribution in [0.3, 0.4) is 0 Å². The number of nitrogens with zero attached hydrogens (tertiary/aromatic N) is 1. The highest BCUT2D eigenvalue weighted by atomic mass is 35.5. The molecule has 7 nitrogen and oxygen atoms in total. The van der Waals surface area contributed by atoms with Crippen molar-refractivity contribution in [3.05, 3.63) is 76.3 Å². The van der Waals surface area contributed by atoms with E-state index in [1.807, 2.05) is 0 Å². The molecular formula is C22H20Cl2N2O5S. The van der Waals surface area contributed by atoms with E-state index < -0.39 is 15.9 Å². The van der Waals surface area contributed by atoms with Gasteiger partial charge in [-0.2, -0.15) is 0 Å². The largest absolute Gasteiger partial charge is 0.495 e. The van der Waals surface area contributed by atoms with E-state index >= 15 is 0 Å². The molecule has 0 unspecified atom stereocenters. The van der Waals surface area contributed by atoms with E-state index in [0.717, 1.165) is 4.31 Å². The number of methoxy groups -OCH3 is 2. The number of carbonyl (C=O) groups is 1. The number of rotatable bonds is 7. The molecule has 0 aromatic heterocycles. The van der Waals surface area contributed by atoms with Gasteiger partial charge in [-0.05, 0) is 48.5 Å². The van der Waals surface area contributed by atoms with Crippen molar-refractivity contribution in [2.24, 2.45) is 0 Å². The Morgan fingerprint density at radius 3 is 2.06 bits per heavy atom. The van der Waals surface area contributed by atoms with Gasteiger partial charge in [0.25, 0.3) is 15.9 Å². The van der Waals surface area contributed by atoms with Crippen LogP contribution in [-0.4, -0.2) is 35.6 Å². The molecule has 0 bridgehead atoms. The minimum Gasteiger partial charge on any atom is -0.495 e. The van der Waals surface area contributed by atoms with E-state index in [0.29, 0.717) is 38.5 Å². The lowest BCUT2D eigenvalue weighted by atomic mass is 10.2. The highest BCUT2D eigenvalue weighted by Gasteiger charge is 2.21. The van der Waals surface area contributed by atoms with Gasteiger partial charge in [0.1, 0.15) is 11.5 Å². The standard InChI is InChI=1S/C22H20Cl2N2O5S/c1-26(32(28,29)17-10-6-15(23)7-11-17)16-8-4-14(5-9-16)22(27)25-19-13-20(30-2)18(24)12-21(19)31-3/h4-13H,1-3H3,(H,25,27). The molecule has 0 saturated carbocycles. The van der Waals surface area contributed by atoms with Crippen molar-refractivity contribution in [2.75, 3.05) is 30.9 Å². The van der Waals surface area contributed by atoms with Crippen LogP contribution in [-0.2, 0) is 10.0 Å². The number of nitrogens with one attached hydrogen (secondary N) is 1.